The first-order valence-corrected chi connectivity index (χ1v) is 6.60. The molecule has 108 valence electrons. The molecule has 1 fully saturated rings. The largest absolute Gasteiger partial charge is 0.497 e. The lowest BCUT2D eigenvalue weighted by Gasteiger charge is -2.45. The third-order valence-electron chi connectivity index (χ3n) is 3.66. The zero-order valence-corrected chi connectivity index (χ0v) is 11.5. The monoisotopic (exact) mass is 286 g/mol. The predicted octanol–water partition coefficient (Wildman–Crippen LogP) is 2.25. The number of hydrogen-bond acceptors (Lipinski definition) is 3. The van der Waals surface area contributed by atoms with Gasteiger partial charge in [0.1, 0.15) is 17.6 Å². The minimum atomic E-state index is -0.625. The van der Waals surface area contributed by atoms with E-state index in [0.29, 0.717) is 11.4 Å². The van der Waals surface area contributed by atoms with Crippen LogP contribution in [0, 0.1) is 5.82 Å². The Morgan fingerprint density at radius 3 is 2.67 bits per heavy atom. The van der Waals surface area contributed by atoms with E-state index in [4.69, 9.17) is 10.5 Å². The van der Waals surface area contributed by atoms with Gasteiger partial charge in [-0.05, 0) is 35.9 Å². The van der Waals surface area contributed by atoms with E-state index in [9.17, 15) is 9.18 Å². The highest BCUT2D eigenvalue weighted by atomic mass is 19.1. The number of rotatable bonds is 3. The van der Waals surface area contributed by atoms with E-state index in [1.807, 2.05) is 24.3 Å². The molecule has 0 spiro atoms. The Morgan fingerprint density at radius 1 is 1.19 bits per heavy atom. The van der Waals surface area contributed by atoms with Crippen LogP contribution < -0.4 is 15.4 Å². The lowest BCUT2D eigenvalue weighted by atomic mass is 9.88. The summed E-state index contributed by atoms with van der Waals surface area (Å²) in [5, 5.41) is 0. The van der Waals surface area contributed by atoms with Crippen LogP contribution in [0.2, 0.25) is 0 Å². The summed E-state index contributed by atoms with van der Waals surface area (Å²) in [7, 11) is 1.58. The van der Waals surface area contributed by atoms with Crippen LogP contribution in [0.3, 0.4) is 0 Å². The summed E-state index contributed by atoms with van der Waals surface area (Å²) in [5.41, 5.74) is 7.31. The molecule has 0 aromatic heterocycles. The van der Waals surface area contributed by atoms with Crippen molar-refractivity contribution in [3.8, 4) is 5.75 Å². The number of β-lactam (4-membered cyclic amide) rings is 1. The molecule has 5 heteroatoms. The number of amides is 1. The lowest BCUT2D eigenvalue weighted by Crippen LogP contribution is -2.63. The van der Waals surface area contributed by atoms with Crippen molar-refractivity contribution in [2.45, 2.75) is 12.1 Å². The van der Waals surface area contributed by atoms with Crippen molar-refractivity contribution in [3.05, 3.63) is 59.9 Å². The summed E-state index contributed by atoms with van der Waals surface area (Å²) in [4.78, 5) is 13.6. The number of nitrogens with zero attached hydrogens (tertiary/aromatic N) is 1. The molecule has 0 aliphatic carbocycles. The zero-order valence-electron chi connectivity index (χ0n) is 11.5. The Labute approximate surface area is 121 Å². The van der Waals surface area contributed by atoms with Gasteiger partial charge in [-0.2, -0.15) is 0 Å². The number of ether oxygens (including phenoxy) is 1. The third-order valence-corrected chi connectivity index (χ3v) is 3.66. The molecule has 1 saturated heterocycles. The molecule has 1 heterocycles. The van der Waals surface area contributed by atoms with Crippen molar-refractivity contribution in [2.75, 3.05) is 12.0 Å². The van der Waals surface area contributed by atoms with Crippen LogP contribution in [-0.4, -0.2) is 19.1 Å². The van der Waals surface area contributed by atoms with Crippen molar-refractivity contribution < 1.29 is 13.9 Å². The fraction of sp³-hybridized carbons (Fsp3) is 0.188. The molecule has 0 bridgehead atoms. The maximum atomic E-state index is 13.4. The Hall–Kier alpha value is -2.40. The third kappa shape index (κ3) is 2.25. The second-order valence-corrected chi connectivity index (χ2v) is 4.94. The average molecular weight is 286 g/mol. The highest BCUT2D eigenvalue weighted by Crippen LogP contribution is 2.39. The summed E-state index contributed by atoms with van der Waals surface area (Å²) in [5.74, 6) is 0.0943. The maximum Gasteiger partial charge on any atom is 0.247 e. The van der Waals surface area contributed by atoms with E-state index < -0.39 is 6.04 Å². The first kappa shape index (κ1) is 13.6. The summed E-state index contributed by atoms with van der Waals surface area (Å²) >= 11 is 0. The maximum absolute atomic E-state index is 13.4. The molecular weight excluding hydrogens is 271 g/mol. The molecule has 2 aromatic rings. The summed E-state index contributed by atoms with van der Waals surface area (Å²) in [6.45, 7) is 0. The van der Waals surface area contributed by atoms with E-state index in [0.717, 1.165) is 5.56 Å². The average Bonchev–Trinajstić information content (AvgIpc) is 2.51. The standard InChI is InChI=1S/C16H15FN2O2/c1-21-13-7-2-4-10(8-13)15-14(18)16(20)19(15)12-6-3-5-11(17)9-12/h2-9,14-15H,18H2,1H3. The van der Waals surface area contributed by atoms with Crippen LogP contribution in [0.25, 0.3) is 0 Å². The van der Waals surface area contributed by atoms with Gasteiger partial charge < -0.3 is 15.4 Å². The molecule has 2 N–H and O–H groups in total. The summed E-state index contributed by atoms with van der Waals surface area (Å²) in [6, 6.07) is 12.4. The number of hydrogen-bond donors (Lipinski definition) is 1. The number of carbonyl (C=O) groups is 1. The van der Waals surface area contributed by atoms with E-state index in [1.54, 1.807) is 19.2 Å². The van der Waals surface area contributed by atoms with Gasteiger partial charge in [-0.15, -0.1) is 0 Å². The number of halogens is 1. The molecule has 21 heavy (non-hydrogen) atoms. The molecular formula is C16H15FN2O2. The number of carbonyl (C=O) groups excluding carboxylic acids is 1. The fourth-order valence-electron chi connectivity index (χ4n) is 2.61. The Bertz CT molecular complexity index is 689. The van der Waals surface area contributed by atoms with Gasteiger partial charge in [0.05, 0.1) is 13.2 Å². The molecule has 1 aliphatic heterocycles. The molecule has 1 amide bonds. The van der Waals surface area contributed by atoms with Crippen molar-refractivity contribution >= 4 is 11.6 Å². The van der Waals surface area contributed by atoms with Crippen molar-refractivity contribution in [1.29, 1.82) is 0 Å². The molecule has 0 saturated carbocycles. The summed E-state index contributed by atoms with van der Waals surface area (Å²) in [6.07, 6.45) is 0. The smallest absolute Gasteiger partial charge is 0.247 e. The van der Waals surface area contributed by atoms with Gasteiger partial charge >= 0.3 is 0 Å². The number of anilines is 1. The van der Waals surface area contributed by atoms with E-state index in [1.165, 1.54) is 17.0 Å². The number of benzene rings is 2. The van der Waals surface area contributed by atoms with Gasteiger partial charge in [0.2, 0.25) is 5.91 Å². The quantitative estimate of drug-likeness (QED) is 0.880. The van der Waals surface area contributed by atoms with E-state index in [2.05, 4.69) is 0 Å². The molecule has 3 rings (SSSR count). The van der Waals surface area contributed by atoms with Gasteiger partial charge in [-0.1, -0.05) is 18.2 Å². The molecule has 0 radical (unpaired) electrons. The van der Waals surface area contributed by atoms with Crippen LogP contribution in [0.15, 0.2) is 48.5 Å². The summed E-state index contributed by atoms with van der Waals surface area (Å²) < 4.78 is 18.6. The Morgan fingerprint density at radius 2 is 1.95 bits per heavy atom. The van der Waals surface area contributed by atoms with Gasteiger partial charge in [0.15, 0.2) is 0 Å². The van der Waals surface area contributed by atoms with Crippen molar-refractivity contribution in [3.63, 3.8) is 0 Å². The minimum absolute atomic E-state index is 0.214. The van der Waals surface area contributed by atoms with Crippen LogP contribution in [0.1, 0.15) is 11.6 Å². The molecule has 4 nitrogen and oxygen atoms in total. The van der Waals surface area contributed by atoms with Gasteiger partial charge in [-0.25, -0.2) is 4.39 Å². The van der Waals surface area contributed by atoms with Crippen LogP contribution in [-0.2, 0) is 4.79 Å². The first-order chi connectivity index (χ1) is 10.1. The van der Waals surface area contributed by atoms with Gasteiger partial charge in [-0.3, -0.25) is 4.79 Å². The molecule has 1 aliphatic rings. The predicted molar refractivity (Wildman–Crippen MR) is 77.6 cm³/mol. The number of nitrogens with two attached hydrogens (primary N) is 1. The van der Waals surface area contributed by atoms with Crippen LogP contribution >= 0.6 is 0 Å². The minimum Gasteiger partial charge on any atom is -0.497 e. The fourth-order valence-corrected chi connectivity index (χ4v) is 2.61. The second-order valence-electron chi connectivity index (χ2n) is 4.94. The topological polar surface area (TPSA) is 55.6 Å². The van der Waals surface area contributed by atoms with Gasteiger partial charge in [0.25, 0.3) is 0 Å². The zero-order chi connectivity index (χ0) is 15.0. The van der Waals surface area contributed by atoms with Crippen LogP contribution in [0.4, 0.5) is 10.1 Å². The Kier molecular flexibility index (Phi) is 3.35. The normalized spacial score (nSPS) is 21.1. The molecule has 2 aromatic carbocycles. The number of methoxy groups -OCH3 is 1. The SMILES string of the molecule is COc1cccc(C2C(N)C(=O)N2c2cccc(F)c2)c1. The second kappa shape index (κ2) is 5.18. The Balaban J connectivity index is 1.98. The van der Waals surface area contributed by atoms with E-state index in [-0.39, 0.29) is 17.8 Å². The highest BCUT2D eigenvalue weighted by Gasteiger charge is 2.46. The first-order valence-electron chi connectivity index (χ1n) is 6.60. The van der Waals surface area contributed by atoms with Crippen molar-refractivity contribution in [1.82, 2.24) is 0 Å². The van der Waals surface area contributed by atoms with Gasteiger partial charge in [0, 0.05) is 5.69 Å². The highest BCUT2D eigenvalue weighted by molar-refractivity contribution is 6.05. The lowest BCUT2D eigenvalue weighted by molar-refractivity contribution is -0.126. The molecule has 2 atom stereocenters. The van der Waals surface area contributed by atoms with Crippen LogP contribution in [0.5, 0.6) is 5.75 Å². The van der Waals surface area contributed by atoms with Crippen molar-refractivity contribution in [2.24, 2.45) is 5.73 Å². The molecule has 2 unspecified atom stereocenters. The van der Waals surface area contributed by atoms with E-state index >= 15 is 0 Å².